The molecule has 4 rings (SSSR count). The molecule has 0 radical (unpaired) electrons. The number of nitrogens with zero attached hydrogens (tertiary/aromatic N) is 2. The van der Waals surface area contributed by atoms with Crippen LogP contribution in [-0.2, 0) is 9.53 Å². The van der Waals surface area contributed by atoms with Crippen LogP contribution in [0.5, 0.6) is 0 Å². The van der Waals surface area contributed by atoms with Gasteiger partial charge >= 0.3 is 5.97 Å². The number of aromatic nitrogens is 1. The molecule has 1 aromatic heterocycles. The Hall–Kier alpha value is -2.96. The highest BCUT2D eigenvalue weighted by Crippen LogP contribution is 2.31. The number of fused-ring (bicyclic) bond motifs is 1. The van der Waals surface area contributed by atoms with Gasteiger partial charge in [-0.2, -0.15) is 0 Å². The molecular weight excluding hydrogens is 408 g/mol. The predicted octanol–water partition coefficient (Wildman–Crippen LogP) is 3.06. The normalized spacial score (nSPS) is 16.4. The minimum absolute atomic E-state index is 0.212. The summed E-state index contributed by atoms with van der Waals surface area (Å²) >= 11 is 7.49. The van der Waals surface area contributed by atoms with Crippen LogP contribution < -0.4 is 14.9 Å². The van der Waals surface area contributed by atoms with Gasteiger partial charge in [0, 0.05) is 5.02 Å². The molecule has 0 fully saturated rings. The van der Waals surface area contributed by atoms with Crippen LogP contribution in [0.4, 0.5) is 0 Å². The Morgan fingerprint density at radius 2 is 1.97 bits per heavy atom. The molecule has 5 nitrogen and oxygen atoms in total. The number of benzene rings is 2. The summed E-state index contributed by atoms with van der Waals surface area (Å²) in [4.78, 5) is 31.0. The van der Waals surface area contributed by atoms with Crippen LogP contribution in [0.25, 0.3) is 6.08 Å². The van der Waals surface area contributed by atoms with E-state index in [1.54, 1.807) is 29.7 Å². The van der Waals surface area contributed by atoms with Crippen LogP contribution in [0.15, 0.2) is 75.7 Å². The van der Waals surface area contributed by atoms with Crippen LogP contribution >= 0.6 is 22.9 Å². The van der Waals surface area contributed by atoms with Gasteiger partial charge in [-0.1, -0.05) is 65.4 Å². The molecule has 3 aromatic rings. The summed E-state index contributed by atoms with van der Waals surface area (Å²) in [6.45, 7) is 1.75. The number of esters is 1. The third kappa shape index (κ3) is 3.57. The quantitative estimate of drug-likeness (QED) is 0.607. The Morgan fingerprint density at radius 3 is 2.66 bits per heavy atom. The molecule has 2 heterocycles. The fourth-order valence-electron chi connectivity index (χ4n) is 3.39. The minimum atomic E-state index is -0.657. The third-order valence-electron chi connectivity index (χ3n) is 4.69. The first-order valence-electron chi connectivity index (χ1n) is 8.91. The fraction of sp³-hybridized carbons (Fsp3) is 0.136. The summed E-state index contributed by atoms with van der Waals surface area (Å²) in [6.07, 6.45) is 1.83. The molecule has 146 valence electrons. The maximum atomic E-state index is 13.3. The van der Waals surface area contributed by atoms with Gasteiger partial charge < -0.3 is 4.74 Å². The smallest absolute Gasteiger partial charge is 0.338 e. The lowest BCUT2D eigenvalue weighted by Crippen LogP contribution is -2.39. The Bertz CT molecular complexity index is 1310. The number of hydrogen-bond acceptors (Lipinski definition) is 5. The van der Waals surface area contributed by atoms with E-state index in [2.05, 4.69) is 4.99 Å². The van der Waals surface area contributed by atoms with Gasteiger partial charge in [0.1, 0.15) is 0 Å². The average Bonchev–Trinajstić information content (AvgIpc) is 3.02. The number of thiazole rings is 1. The topological polar surface area (TPSA) is 60.7 Å². The molecule has 1 unspecified atom stereocenters. The van der Waals surface area contributed by atoms with Crippen molar-refractivity contribution in [3.05, 3.63) is 102 Å². The summed E-state index contributed by atoms with van der Waals surface area (Å²) in [5.41, 5.74) is 2.28. The zero-order valence-electron chi connectivity index (χ0n) is 15.8. The molecule has 0 spiro atoms. The first-order valence-corrected chi connectivity index (χ1v) is 10.1. The lowest BCUT2D eigenvalue weighted by Gasteiger charge is -2.24. The number of allylic oxidation sites excluding steroid dienone is 1. The predicted molar refractivity (Wildman–Crippen MR) is 114 cm³/mol. The molecule has 2 aromatic carbocycles. The van der Waals surface area contributed by atoms with Gasteiger partial charge in [-0.3, -0.25) is 9.36 Å². The van der Waals surface area contributed by atoms with Crippen LogP contribution in [-0.4, -0.2) is 17.6 Å². The van der Waals surface area contributed by atoms with Gasteiger partial charge in [-0.15, -0.1) is 0 Å². The van der Waals surface area contributed by atoms with E-state index in [0.717, 1.165) is 11.1 Å². The van der Waals surface area contributed by atoms with E-state index in [0.29, 0.717) is 25.6 Å². The second-order valence-electron chi connectivity index (χ2n) is 6.54. The zero-order valence-corrected chi connectivity index (χ0v) is 17.3. The lowest BCUT2D eigenvalue weighted by atomic mass is 9.96. The van der Waals surface area contributed by atoms with Crippen molar-refractivity contribution in [2.45, 2.75) is 13.0 Å². The van der Waals surface area contributed by atoms with Crippen molar-refractivity contribution in [1.29, 1.82) is 0 Å². The number of carbonyl (C=O) groups excluding carboxylic acids is 1. The maximum Gasteiger partial charge on any atom is 0.338 e. The summed E-state index contributed by atoms with van der Waals surface area (Å²) in [5.74, 6) is -0.520. The van der Waals surface area contributed by atoms with Crippen molar-refractivity contribution in [2.24, 2.45) is 4.99 Å². The van der Waals surface area contributed by atoms with Crippen molar-refractivity contribution < 1.29 is 9.53 Å². The van der Waals surface area contributed by atoms with Crippen molar-refractivity contribution in [3.8, 4) is 0 Å². The van der Waals surface area contributed by atoms with Crippen molar-refractivity contribution in [1.82, 2.24) is 4.57 Å². The fourth-order valence-corrected chi connectivity index (χ4v) is 4.63. The second-order valence-corrected chi connectivity index (χ2v) is 7.98. The molecule has 1 aliphatic rings. The molecular formula is C22H17ClN2O3S. The third-order valence-corrected chi connectivity index (χ3v) is 5.91. The SMILES string of the molecule is COC(=O)C1=C(C)N=c2s/c(=C/c3ccccc3)c(=O)n2C1c1cccc(Cl)c1. The number of halogens is 1. The molecule has 0 amide bonds. The van der Waals surface area contributed by atoms with Gasteiger partial charge in [0.15, 0.2) is 4.80 Å². The van der Waals surface area contributed by atoms with Crippen LogP contribution in [0.3, 0.4) is 0 Å². The van der Waals surface area contributed by atoms with Gasteiger partial charge in [0.05, 0.1) is 29.0 Å². The van der Waals surface area contributed by atoms with Gasteiger partial charge in [-0.25, -0.2) is 9.79 Å². The Balaban J connectivity index is 2.00. The first kappa shape index (κ1) is 19.4. The molecule has 0 N–H and O–H groups in total. The van der Waals surface area contributed by atoms with Gasteiger partial charge in [0.25, 0.3) is 5.56 Å². The largest absolute Gasteiger partial charge is 0.466 e. The monoisotopic (exact) mass is 424 g/mol. The standard InChI is InChI=1S/C22H17ClN2O3S/c1-13-18(21(27)28-2)19(15-9-6-10-16(23)12-15)25-20(26)17(29-22(25)24-13)11-14-7-4-3-5-8-14/h3-12,19H,1-2H3/b17-11+. The summed E-state index contributed by atoms with van der Waals surface area (Å²) in [6, 6.07) is 16.1. The Kier molecular flexibility index (Phi) is 5.22. The van der Waals surface area contributed by atoms with E-state index in [1.165, 1.54) is 18.4 Å². The van der Waals surface area contributed by atoms with E-state index in [-0.39, 0.29) is 5.56 Å². The number of methoxy groups -OCH3 is 1. The zero-order chi connectivity index (χ0) is 20.5. The molecule has 1 atom stereocenters. The highest BCUT2D eigenvalue weighted by atomic mass is 35.5. The highest BCUT2D eigenvalue weighted by Gasteiger charge is 2.33. The van der Waals surface area contributed by atoms with Crippen LogP contribution in [0.1, 0.15) is 24.1 Å². The summed E-state index contributed by atoms with van der Waals surface area (Å²) in [5, 5.41) is 0.521. The van der Waals surface area contributed by atoms with Crippen molar-refractivity contribution in [3.63, 3.8) is 0 Å². The van der Waals surface area contributed by atoms with Crippen LogP contribution in [0, 0.1) is 0 Å². The van der Waals surface area contributed by atoms with Crippen molar-refractivity contribution >= 4 is 35.0 Å². The summed E-state index contributed by atoms with van der Waals surface area (Å²) < 4.78 is 7.08. The molecule has 1 aliphatic heterocycles. The maximum absolute atomic E-state index is 13.3. The highest BCUT2D eigenvalue weighted by molar-refractivity contribution is 7.07. The Morgan fingerprint density at radius 1 is 1.21 bits per heavy atom. The molecule has 7 heteroatoms. The van der Waals surface area contributed by atoms with E-state index >= 15 is 0 Å². The first-order chi connectivity index (χ1) is 14.0. The van der Waals surface area contributed by atoms with Crippen molar-refractivity contribution in [2.75, 3.05) is 7.11 Å². The number of ether oxygens (including phenoxy) is 1. The molecule has 29 heavy (non-hydrogen) atoms. The average molecular weight is 425 g/mol. The number of rotatable bonds is 3. The van der Waals surface area contributed by atoms with Gasteiger partial charge in [-0.05, 0) is 36.3 Å². The van der Waals surface area contributed by atoms with Crippen LogP contribution in [0.2, 0.25) is 5.02 Å². The lowest BCUT2D eigenvalue weighted by molar-refractivity contribution is -0.136. The molecule has 0 saturated carbocycles. The second kappa shape index (κ2) is 7.81. The molecule has 0 saturated heterocycles. The Labute approximate surface area is 175 Å². The van der Waals surface area contributed by atoms with E-state index in [4.69, 9.17) is 16.3 Å². The molecule has 0 aliphatic carbocycles. The van der Waals surface area contributed by atoms with E-state index in [1.807, 2.05) is 42.5 Å². The molecule has 0 bridgehead atoms. The van der Waals surface area contributed by atoms with E-state index < -0.39 is 12.0 Å². The number of carbonyl (C=O) groups is 1. The minimum Gasteiger partial charge on any atom is -0.466 e. The van der Waals surface area contributed by atoms with Gasteiger partial charge in [0.2, 0.25) is 0 Å². The number of hydrogen-bond donors (Lipinski definition) is 0. The summed E-state index contributed by atoms with van der Waals surface area (Å²) in [7, 11) is 1.32. The van der Waals surface area contributed by atoms with E-state index in [9.17, 15) is 9.59 Å².